The summed E-state index contributed by atoms with van der Waals surface area (Å²) in [5.41, 5.74) is 9.18. The van der Waals surface area contributed by atoms with E-state index in [-0.39, 0.29) is 24.6 Å². The number of aliphatic hydroxyl groups is 2. The van der Waals surface area contributed by atoms with E-state index in [0.717, 1.165) is 0 Å². The van der Waals surface area contributed by atoms with Crippen molar-refractivity contribution in [2.24, 2.45) is 5.73 Å². The molecule has 0 bridgehead atoms. The number of hydrogen-bond donors (Lipinski definition) is 4. The number of pyridine rings is 1. The van der Waals surface area contributed by atoms with Gasteiger partial charge in [-0.25, -0.2) is 4.39 Å². The van der Waals surface area contributed by atoms with E-state index in [0.29, 0.717) is 34.5 Å². The Bertz CT molecular complexity index is 1180. The minimum atomic E-state index is -1.18. The van der Waals surface area contributed by atoms with Crippen LogP contribution in [0.25, 0.3) is 22.4 Å². The molecule has 186 valence electrons. The number of carbonyl (C=O) groups is 2. The summed E-state index contributed by atoms with van der Waals surface area (Å²) in [6, 6.07) is 11.0. The smallest absolute Gasteiger partial charge is 0.305 e. The molecule has 0 aliphatic carbocycles. The van der Waals surface area contributed by atoms with E-state index in [2.05, 4.69) is 4.98 Å². The normalized spacial score (nSPS) is 13.1. The average Bonchev–Trinajstić information content (AvgIpc) is 3.14. The van der Waals surface area contributed by atoms with Crippen LogP contribution in [0.1, 0.15) is 55.3 Å². The summed E-state index contributed by atoms with van der Waals surface area (Å²) >= 11 is 0. The third kappa shape index (κ3) is 6.12. The highest BCUT2D eigenvalue weighted by molar-refractivity contribution is 6.04. The molecule has 0 saturated heterocycles. The van der Waals surface area contributed by atoms with Gasteiger partial charge in [-0.1, -0.05) is 18.2 Å². The molecule has 35 heavy (non-hydrogen) atoms. The van der Waals surface area contributed by atoms with Crippen molar-refractivity contribution in [3.63, 3.8) is 0 Å². The molecule has 2 heterocycles. The van der Waals surface area contributed by atoms with Gasteiger partial charge in [0.15, 0.2) is 0 Å². The fraction of sp³-hybridized carbons (Fsp3) is 0.346. The molecule has 1 aromatic carbocycles. The number of amides is 1. The van der Waals surface area contributed by atoms with Crippen LogP contribution in [0.4, 0.5) is 4.39 Å². The first-order valence-electron chi connectivity index (χ1n) is 11.4. The summed E-state index contributed by atoms with van der Waals surface area (Å²) in [4.78, 5) is 28.0. The van der Waals surface area contributed by atoms with Crippen LogP contribution in [0.2, 0.25) is 0 Å². The minimum absolute atomic E-state index is 0.101. The summed E-state index contributed by atoms with van der Waals surface area (Å²) in [5.74, 6) is -2.20. The summed E-state index contributed by atoms with van der Waals surface area (Å²) < 4.78 is 15.6. The molecule has 2 unspecified atom stereocenters. The lowest BCUT2D eigenvalue weighted by molar-refractivity contribution is -0.139. The first kappa shape index (κ1) is 26.1. The third-order valence-electron chi connectivity index (χ3n) is 5.78. The predicted octanol–water partition coefficient (Wildman–Crippen LogP) is 3.56. The topological polar surface area (TPSA) is 139 Å². The van der Waals surface area contributed by atoms with Crippen LogP contribution in [-0.4, -0.2) is 49.0 Å². The number of carboxylic acids is 1. The van der Waals surface area contributed by atoms with Crippen LogP contribution < -0.4 is 5.73 Å². The molecule has 5 N–H and O–H groups in total. The van der Waals surface area contributed by atoms with Gasteiger partial charge in [0.1, 0.15) is 11.5 Å². The van der Waals surface area contributed by atoms with Crippen molar-refractivity contribution in [2.75, 3.05) is 0 Å². The molecule has 0 spiro atoms. The molecule has 2 atom stereocenters. The van der Waals surface area contributed by atoms with Crippen LogP contribution in [0.3, 0.4) is 0 Å². The van der Waals surface area contributed by atoms with Crippen LogP contribution in [0.5, 0.6) is 0 Å². The number of aliphatic hydroxyl groups excluding tert-OH is 2. The number of nitrogens with two attached hydrogens (primary N) is 1. The number of benzene rings is 1. The maximum Gasteiger partial charge on any atom is 0.305 e. The van der Waals surface area contributed by atoms with E-state index in [1.165, 1.54) is 12.1 Å². The first-order chi connectivity index (χ1) is 16.6. The van der Waals surface area contributed by atoms with Crippen LogP contribution in [0.15, 0.2) is 48.7 Å². The second kappa shape index (κ2) is 11.2. The fourth-order valence-corrected chi connectivity index (χ4v) is 4.40. The number of aliphatic carboxylic acids is 1. The Hall–Kier alpha value is -3.56. The standard InChI is InChI=1S/C26H30FN3O5/c1-15(2)30-21(11-10-18(31)13-19(32)14-22(33)34)23(16-6-8-17(27)9-7-16)24(25(30)26(28)35)20-5-3-4-12-29-20/h3-9,12,15,18-19,31-32H,10-11,13-14H2,1-2H3,(H2,28,35)(H,33,34). The van der Waals surface area contributed by atoms with Crippen molar-refractivity contribution < 1.29 is 29.3 Å². The first-order valence-corrected chi connectivity index (χ1v) is 11.4. The van der Waals surface area contributed by atoms with Crippen LogP contribution in [-0.2, 0) is 11.2 Å². The van der Waals surface area contributed by atoms with Gasteiger partial charge in [-0.2, -0.15) is 0 Å². The highest BCUT2D eigenvalue weighted by Crippen LogP contribution is 2.41. The number of aromatic nitrogens is 2. The lowest BCUT2D eigenvalue weighted by atomic mass is 9.94. The minimum Gasteiger partial charge on any atom is -0.481 e. The molecule has 2 aromatic heterocycles. The van der Waals surface area contributed by atoms with E-state index in [9.17, 15) is 24.2 Å². The van der Waals surface area contributed by atoms with E-state index < -0.39 is 36.3 Å². The molecule has 0 saturated carbocycles. The Morgan fingerprint density at radius 1 is 1.06 bits per heavy atom. The molecule has 9 heteroatoms. The van der Waals surface area contributed by atoms with Gasteiger partial charge in [0.2, 0.25) is 0 Å². The molecule has 1 amide bonds. The summed E-state index contributed by atoms with van der Waals surface area (Å²) in [5, 5.41) is 29.3. The number of nitrogens with zero attached hydrogens (tertiary/aromatic N) is 2. The number of hydrogen-bond acceptors (Lipinski definition) is 5. The SMILES string of the molecule is CC(C)n1c(CCC(O)CC(O)CC(=O)O)c(-c2ccc(F)cc2)c(-c2ccccn2)c1C(N)=O. The maximum atomic E-state index is 13.7. The number of carbonyl (C=O) groups excluding carboxylic acids is 1. The van der Waals surface area contributed by atoms with E-state index in [4.69, 9.17) is 10.8 Å². The van der Waals surface area contributed by atoms with Gasteiger partial charge in [-0.3, -0.25) is 14.6 Å². The van der Waals surface area contributed by atoms with Crippen molar-refractivity contribution in [3.05, 3.63) is 65.9 Å². The van der Waals surface area contributed by atoms with Crippen molar-refractivity contribution in [1.29, 1.82) is 0 Å². The zero-order valence-electron chi connectivity index (χ0n) is 19.7. The molecule has 8 nitrogen and oxygen atoms in total. The van der Waals surface area contributed by atoms with Crippen LogP contribution in [0, 0.1) is 5.82 Å². The summed E-state index contributed by atoms with van der Waals surface area (Å²) in [7, 11) is 0. The van der Waals surface area contributed by atoms with Crippen molar-refractivity contribution >= 4 is 11.9 Å². The molecular formula is C26H30FN3O5. The maximum absolute atomic E-state index is 13.7. The molecular weight excluding hydrogens is 453 g/mol. The lowest BCUT2D eigenvalue weighted by Crippen LogP contribution is -2.23. The monoisotopic (exact) mass is 483 g/mol. The van der Waals surface area contributed by atoms with Gasteiger partial charge in [0.05, 0.1) is 24.3 Å². The van der Waals surface area contributed by atoms with Gasteiger partial charge in [-0.15, -0.1) is 0 Å². The van der Waals surface area contributed by atoms with E-state index in [1.54, 1.807) is 36.5 Å². The molecule has 0 aliphatic heterocycles. The van der Waals surface area contributed by atoms with Crippen molar-refractivity contribution in [1.82, 2.24) is 9.55 Å². The Morgan fingerprint density at radius 3 is 2.29 bits per heavy atom. The fourth-order valence-electron chi connectivity index (χ4n) is 4.40. The Balaban J connectivity index is 2.16. The molecule has 0 aliphatic rings. The highest BCUT2D eigenvalue weighted by atomic mass is 19.1. The largest absolute Gasteiger partial charge is 0.481 e. The van der Waals surface area contributed by atoms with Crippen molar-refractivity contribution in [3.8, 4) is 22.4 Å². The summed E-state index contributed by atoms with van der Waals surface area (Å²) in [6.45, 7) is 3.80. The van der Waals surface area contributed by atoms with Crippen molar-refractivity contribution in [2.45, 2.75) is 57.8 Å². The Labute approximate surface area is 202 Å². The van der Waals surface area contributed by atoms with Gasteiger partial charge >= 0.3 is 5.97 Å². The second-order valence-corrected chi connectivity index (χ2v) is 8.78. The molecule has 0 fully saturated rings. The highest BCUT2D eigenvalue weighted by Gasteiger charge is 2.30. The number of primary amides is 1. The summed E-state index contributed by atoms with van der Waals surface area (Å²) in [6.07, 6.45) is -0.626. The van der Waals surface area contributed by atoms with E-state index in [1.807, 2.05) is 18.4 Å². The quantitative estimate of drug-likeness (QED) is 0.329. The van der Waals surface area contributed by atoms with Crippen LogP contribution >= 0.6 is 0 Å². The predicted molar refractivity (Wildman–Crippen MR) is 129 cm³/mol. The molecule has 0 radical (unpaired) electrons. The van der Waals surface area contributed by atoms with Gasteiger partial charge < -0.3 is 25.6 Å². The van der Waals surface area contributed by atoms with Gasteiger partial charge in [0.25, 0.3) is 5.91 Å². The number of carboxylic acid groups (broad SMARTS) is 1. The lowest BCUT2D eigenvalue weighted by Gasteiger charge is -2.19. The van der Waals surface area contributed by atoms with Gasteiger partial charge in [0, 0.05) is 29.1 Å². The van der Waals surface area contributed by atoms with E-state index >= 15 is 0 Å². The molecule has 3 aromatic rings. The second-order valence-electron chi connectivity index (χ2n) is 8.78. The number of halogens is 1. The zero-order chi connectivity index (χ0) is 25.7. The number of rotatable bonds is 11. The molecule has 3 rings (SSSR count). The van der Waals surface area contributed by atoms with Gasteiger partial charge in [-0.05, 0) is 62.9 Å². The Kier molecular flexibility index (Phi) is 8.37. The Morgan fingerprint density at radius 2 is 1.74 bits per heavy atom. The third-order valence-corrected chi connectivity index (χ3v) is 5.78. The average molecular weight is 484 g/mol. The zero-order valence-corrected chi connectivity index (χ0v) is 19.7.